The van der Waals surface area contributed by atoms with Crippen LogP contribution >= 0.6 is 11.6 Å². The third-order valence-electron chi connectivity index (χ3n) is 3.10. The molecule has 0 fully saturated rings. The van der Waals surface area contributed by atoms with Crippen LogP contribution < -0.4 is 4.74 Å². The second-order valence-electron chi connectivity index (χ2n) is 5.02. The van der Waals surface area contributed by atoms with Crippen LogP contribution in [-0.2, 0) is 6.61 Å². The summed E-state index contributed by atoms with van der Waals surface area (Å²) in [6.07, 6.45) is 1.15. The lowest BCUT2D eigenvalue weighted by molar-refractivity contribution is 0.103. The molecule has 1 N–H and O–H groups in total. The number of carbonyl (C=O) groups excluding carboxylic acids is 1. The average Bonchev–Trinajstić information content (AvgIpc) is 2.48. The Bertz CT molecular complexity index is 702. The normalized spacial score (nSPS) is 11.3. The van der Waals surface area contributed by atoms with Crippen LogP contribution in [0.2, 0.25) is 5.02 Å². The highest BCUT2D eigenvalue weighted by Crippen LogP contribution is 2.28. The zero-order chi connectivity index (χ0) is 16.1. The van der Waals surface area contributed by atoms with Gasteiger partial charge in [0.25, 0.3) is 0 Å². The Morgan fingerprint density at radius 1 is 1.27 bits per heavy atom. The summed E-state index contributed by atoms with van der Waals surface area (Å²) in [4.78, 5) is 12.2. The summed E-state index contributed by atoms with van der Waals surface area (Å²) in [5.41, 5.74) is 2.16. The molecule has 0 aromatic heterocycles. The van der Waals surface area contributed by atoms with Crippen LogP contribution in [0.4, 0.5) is 0 Å². The van der Waals surface area contributed by atoms with E-state index in [0.717, 1.165) is 17.2 Å². The van der Waals surface area contributed by atoms with Crippen LogP contribution in [0.25, 0.3) is 0 Å². The molecule has 0 radical (unpaired) electrons. The number of aliphatic hydroxyl groups excluding tert-OH is 1. The third kappa shape index (κ3) is 4.12. The van der Waals surface area contributed by atoms with E-state index < -0.39 is 0 Å². The number of hydrogen-bond donors (Lipinski definition) is 1. The maximum atomic E-state index is 12.2. The highest BCUT2D eigenvalue weighted by atomic mass is 35.5. The van der Waals surface area contributed by atoms with Crippen molar-refractivity contribution in [2.24, 2.45) is 0 Å². The van der Waals surface area contributed by atoms with Gasteiger partial charge in [-0.2, -0.15) is 0 Å². The van der Waals surface area contributed by atoms with Crippen molar-refractivity contribution < 1.29 is 14.6 Å². The Morgan fingerprint density at radius 3 is 2.59 bits per heavy atom. The molecule has 3 nitrogen and oxygen atoms in total. The molecule has 4 heteroatoms. The molecule has 0 amide bonds. The van der Waals surface area contributed by atoms with E-state index >= 15 is 0 Å². The molecule has 0 aliphatic carbocycles. The van der Waals surface area contributed by atoms with Crippen LogP contribution in [0.1, 0.15) is 28.4 Å². The van der Waals surface area contributed by atoms with Crippen LogP contribution in [0.3, 0.4) is 0 Å². The molecule has 0 saturated heterocycles. The SMILES string of the molecule is C/C(O)=C/C(=O)c1cc(Cl)c(C)cc1OCc1ccccc1. The molecule has 2 rings (SSSR count). The first-order valence-corrected chi connectivity index (χ1v) is 7.23. The fraction of sp³-hybridized carbons (Fsp3) is 0.167. The molecule has 0 unspecified atom stereocenters. The Hall–Kier alpha value is -2.26. The highest BCUT2D eigenvalue weighted by Gasteiger charge is 2.14. The lowest BCUT2D eigenvalue weighted by Crippen LogP contribution is -2.04. The number of halogens is 1. The van der Waals surface area contributed by atoms with Crippen LogP contribution in [0, 0.1) is 6.92 Å². The van der Waals surface area contributed by atoms with Crippen molar-refractivity contribution in [3.05, 3.63) is 76.0 Å². The summed E-state index contributed by atoms with van der Waals surface area (Å²) in [6.45, 7) is 3.64. The minimum Gasteiger partial charge on any atom is -0.512 e. The minimum atomic E-state index is -0.343. The standard InChI is InChI=1S/C18H17ClO3/c1-12-8-18(22-11-14-6-4-3-5-7-14)15(10-16(12)19)17(21)9-13(2)20/h3-10,20H,11H2,1-2H3/b13-9-. The van der Waals surface area contributed by atoms with Crippen LogP contribution in [0.15, 0.2) is 54.3 Å². The maximum absolute atomic E-state index is 12.2. The van der Waals surface area contributed by atoms with Crippen molar-refractivity contribution in [1.29, 1.82) is 0 Å². The van der Waals surface area contributed by atoms with Crippen molar-refractivity contribution >= 4 is 17.4 Å². The molecule has 0 aliphatic heterocycles. The molecule has 0 spiro atoms. The fourth-order valence-electron chi connectivity index (χ4n) is 1.97. The number of ketones is 1. The Kier molecular flexibility index (Phi) is 5.23. The van der Waals surface area contributed by atoms with Gasteiger partial charge in [0, 0.05) is 11.1 Å². The first-order chi connectivity index (χ1) is 10.5. The number of rotatable bonds is 5. The van der Waals surface area contributed by atoms with Crippen molar-refractivity contribution in [2.75, 3.05) is 0 Å². The van der Waals surface area contributed by atoms with Gasteiger partial charge in [0.2, 0.25) is 0 Å². The van der Waals surface area contributed by atoms with E-state index in [0.29, 0.717) is 22.9 Å². The van der Waals surface area contributed by atoms with Crippen LogP contribution in [0.5, 0.6) is 5.75 Å². The minimum absolute atomic E-state index is 0.0595. The van der Waals surface area contributed by atoms with Gasteiger partial charge >= 0.3 is 0 Å². The highest BCUT2D eigenvalue weighted by molar-refractivity contribution is 6.32. The summed E-state index contributed by atoms with van der Waals surface area (Å²) in [6, 6.07) is 13.0. The van der Waals surface area contributed by atoms with Gasteiger partial charge in [-0.25, -0.2) is 0 Å². The second kappa shape index (κ2) is 7.14. The van der Waals surface area contributed by atoms with Gasteiger partial charge in [-0.15, -0.1) is 0 Å². The fourth-order valence-corrected chi connectivity index (χ4v) is 2.13. The summed E-state index contributed by atoms with van der Waals surface area (Å²) in [5, 5.41) is 9.76. The van der Waals surface area contributed by atoms with Crippen molar-refractivity contribution in [2.45, 2.75) is 20.5 Å². The van der Waals surface area contributed by atoms with Crippen molar-refractivity contribution in [1.82, 2.24) is 0 Å². The molecule has 22 heavy (non-hydrogen) atoms. The topological polar surface area (TPSA) is 46.5 Å². The predicted octanol–water partition coefficient (Wildman–Crippen LogP) is 4.87. The zero-order valence-corrected chi connectivity index (χ0v) is 13.2. The lowest BCUT2D eigenvalue weighted by atomic mass is 10.1. The number of aryl methyl sites for hydroxylation is 1. The molecule has 0 saturated carbocycles. The first-order valence-electron chi connectivity index (χ1n) is 6.86. The van der Waals surface area contributed by atoms with Crippen molar-refractivity contribution in [3.63, 3.8) is 0 Å². The maximum Gasteiger partial charge on any atom is 0.192 e. The smallest absolute Gasteiger partial charge is 0.192 e. The molecule has 2 aromatic carbocycles. The lowest BCUT2D eigenvalue weighted by Gasteiger charge is -2.12. The molecule has 0 aliphatic rings. The van der Waals surface area contributed by atoms with E-state index in [1.807, 2.05) is 37.3 Å². The van der Waals surface area contributed by atoms with Gasteiger partial charge in [0.05, 0.1) is 11.3 Å². The molecule has 0 bridgehead atoms. The zero-order valence-electron chi connectivity index (χ0n) is 12.5. The summed E-state index contributed by atoms with van der Waals surface area (Å²) >= 11 is 6.09. The number of carbonyl (C=O) groups is 1. The Balaban J connectivity index is 2.31. The predicted molar refractivity (Wildman–Crippen MR) is 87.7 cm³/mol. The van der Waals surface area contributed by atoms with Crippen molar-refractivity contribution in [3.8, 4) is 5.75 Å². The molecule has 0 atom stereocenters. The third-order valence-corrected chi connectivity index (χ3v) is 3.51. The summed E-state index contributed by atoms with van der Waals surface area (Å²) in [5.74, 6) is 0.0499. The molecular weight excluding hydrogens is 300 g/mol. The monoisotopic (exact) mass is 316 g/mol. The molecular formula is C18H17ClO3. The number of ether oxygens (including phenoxy) is 1. The van der Waals surface area contributed by atoms with Gasteiger partial charge in [-0.05, 0) is 37.1 Å². The number of benzene rings is 2. The number of aliphatic hydroxyl groups is 1. The second-order valence-corrected chi connectivity index (χ2v) is 5.43. The van der Waals surface area contributed by atoms with E-state index in [1.165, 1.54) is 6.92 Å². The van der Waals surface area contributed by atoms with Gasteiger partial charge < -0.3 is 9.84 Å². The average molecular weight is 317 g/mol. The van der Waals surface area contributed by atoms with Gasteiger partial charge in [0.15, 0.2) is 5.78 Å². The van der Waals surface area contributed by atoms with E-state index in [4.69, 9.17) is 16.3 Å². The van der Waals surface area contributed by atoms with E-state index in [1.54, 1.807) is 12.1 Å². The summed E-state index contributed by atoms with van der Waals surface area (Å²) < 4.78 is 5.77. The first kappa shape index (κ1) is 16.1. The largest absolute Gasteiger partial charge is 0.512 e. The van der Waals surface area contributed by atoms with E-state index in [2.05, 4.69) is 0 Å². The van der Waals surface area contributed by atoms with Crippen LogP contribution in [-0.4, -0.2) is 10.9 Å². The molecule has 0 heterocycles. The Labute approximate surface area is 134 Å². The molecule has 2 aromatic rings. The van der Waals surface area contributed by atoms with Gasteiger partial charge in [0.1, 0.15) is 12.4 Å². The molecule has 114 valence electrons. The van der Waals surface area contributed by atoms with E-state index in [-0.39, 0.29) is 11.5 Å². The quantitative estimate of drug-likeness (QED) is 0.486. The number of hydrogen-bond acceptors (Lipinski definition) is 3. The summed E-state index contributed by atoms with van der Waals surface area (Å²) in [7, 11) is 0. The van der Waals surface area contributed by atoms with Gasteiger partial charge in [-0.3, -0.25) is 4.79 Å². The Morgan fingerprint density at radius 2 is 1.95 bits per heavy atom. The van der Waals surface area contributed by atoms with E-state index in [9.17, 15) is 9.90 Å². The number of allylic oxidation sites excluding steroid dienone is 2. The van der Waals surface area contributed by atoms with Gasteiger partial charge in [-0.1, -0.05) is 41.9 Å².